The van der Waals surface area contributed by atoms with E-state index in [4.69, 9.17) is 0 Å². The van der Waals surface area contributed by atoms with Crippen molar-refractivity contribution >= 4 is 17.8 Å². The van der Waals surface area contributed by atoms with Crippen molar-refractivity contribution in [2.75, 3.05) is 7.05 Å². The fourth-order valence-electron chi connectivity index (χ4n) is 3.96. The largest absolute Gasteiger partial charge is 0.478 e. The lowest BCUT2D eigenvalue weighted by Crippen LogP contribution is -2.49. The smallest absolute Gasteiger partial charge is 0.331 e. The first-order valence-corrected chi connectivity index (χ1v) is 10.3. The number of rotatable bonds is 9. The lowest BCUT2D eigenvalue weighted by Gasteiger charge is -2.25. The van der Waals surface area contributed by atoms with E-state index in [1.54, 1.807) is 0 Å². The molecule has 158 valence electrons. The fraction of sp³-hybridized carbons (Fsp3) is 0.522. The minimum Gasteiger partial charge on any atom is -0.478 e. The third kappa shape index (κ3) is 5.92. The van der Waals surface area contributed by atoms with Gasteiger partial charge in [0, 0.05) is 19.0 Å². The highest BCUT2D eigenvalue weighted by molar-refractivity contribution is 5.97. The Labute approximate surface area is 172 Å². The van der Waals surface area contributed by atoms with E-state index in [1.807, 2.05) is 26.0 Å². The number of aryl methyl sites for hydroxylation is 1. The summed E-state index contributed by atoms with van der Waals surface area (Å²) in [6.07, 6.45) is 5.04. The van der Waals surface area contributed by atoms with Gasteiger partial charge in [-0.1, -0.05) is 38.6 Å². The molecule has 0 aliphatic heterocycles. The quantitative estimate of drug-likeness (QED) is 0.555. The third-order valence-electron chi connectivity index (χ3n) is 5.52. The van der Waals surface area contributed by atoms with Gasteiger partial charge in [0.1, 0.15) is 6.04 Å². The number of hydrogen-bond donors (Lipinski definition) is 3. The Kier molecular flexibility index (Phi) is 8.00. The van der Waals surface area contributed by atoms with Gasteiger partial charge in [-0.05, 0) is 54.7 Å². The highest BCUT2D eigenvalue weighted by atomic mass is 16.4. The monoisotopic (exact) mass is 400 g/mol. The van der Waals surface area contributed by atoms with Crippen LogP contribution in [0.2, 0.25) is 0 Å². The van der Waals surface area contributed by atoms with Gasteiger partial charge in [-0.25, -0.2) is 4.79 Å². The molecule has 0 bridgehead atoms. The van der Waals surface area contributed by atoms with E-state index in [0.29, 0.717) is 12.8 Å². The molecule has 0 saturated heterocycles. The molecule has 0 radical (unpaired) electrons. The van der Waals surface area contributed by atoms with Crippen molar-refractivity contribution in [2.24, 2.45) is 11.8 Å². The van der Waals surface area contributed by atoms with Crippen LogP contribution in [0.15, 0.2) is 30.4 Å². The van der Waals surface area contributed by atoms with Crippen LogP contribution in [-0.4, -0.2) is 36.0 Å². The lowest BCUT2D eigenvalue weighted by atomic mass is 9.86. The average molecular weight is 401 g/mol. The van der Waals surface area contributed by atoms with Crippen LogP contribution in [0.4, 0.5) is 0 Å². The predicted octanol–water partition coefficient (Wildman–Crippen LogP) is 2.64. The van der Waals surface area contributed by atoms with Crippen LogP contribution >= 0.6 is 0 Å². The van der Waals surface area contributed by atoms with E-state index in [-0.39, 0.29) is 17.4 Å². The molecule has 2 amide bonds. The van der Waals surface area contributed by atoms with Gasteiger partial charge in [0.05, 0.1) is 5.92 Å². The van der Waals surface area contributed by atoms with E-state index in [2.05, 4.69) is 23.3 Å². The van der Waals surface area contributed by atoms with E-state index in [0.717, 1.165) is 24.8 Å². The third-order valence-corrected chi connectivity index (χ3v) is 5.52. The number of likely N-dealkylation sites (N-methyl/N-ethyl adjacent to an activating group) is 1. The number of fused-ring (bicyclic) bond motifs is 1. The van der Waals surface area contributed by atoms with Crippen LogP contribution in [0.1, 0.15) is 49.8 Å². The van der Waals surface area contributed by atoms with Crippen molar-refractivity contribution in [1.29, 1.82) is 0 Å². The van der Waals surface area contributed by atoms with E-state index in [1.165, 1.54) is 24.6 Å². The van der Waals surface area contributed by atoms with Crippen molar-refractivity contribution in [3.8, 4) is 0 Å². The van der Waals surface area contributed by atoms with Gasteiger partial charge in [-0.15, -0.1) is 0 Å². The number of carbonyl (C=O) groups excluding carboxylic acids is 2. The van der Waals surface area contributed by atoms with Crippen LogP contribution < -0.4 is 10.6 Å². The predicted molar refractivity (Wildman–Crippen MR) is 113 cm³/mol. The van der Waals surface area contributed by atoms with Gasteiger partial charge in [0.15, 0.2) is 0 Å². The zero-order chi connectivity index (χ0) is 21.6. The summed E-state index contributed by atoms with van der Waals surface area (Å²) >= 11 is 0. The van der Waals surface area contributed by atoms with Crippen molar-refractivity contribution in [2.45, 2.75) is 58.4 Å². The standard InChI is InChI=1S/C23H32N2O4/c1-14(2)12-19(15(3)23(28)29)21(26)25-20(22(27)24-4)13-17-10-7-9-16-8-5-6-11-18(16)17/h7,9-10,14,19-20H,3,5-6,8,11-13H2,1-2,4H3,(H,24,27)(H,25,26)(H,28,29)/t19-,20+/m1/s1. The van der Waals surface area contributed by atoms with Crippen molar-refractivity contribution in [1.82, 2.24) is 10.6 Å². The van der Waals surface area contributed by atoms with Crippen LogP contribution in [0.25, 0.3) is 0 Å². The topological polar surface area (TPSA) is 95.5 Å². The molecule has 1 aliphatic rings. The molecule has 1 aromatic rings. The Hall–Kier alpha value is -2.63. The van der Waals surface area contributed by atoms with Gasteiger partial charge in [-0.3, -0.25) is 9.59 Å². The van der Waals surface area contributed by atoms with Crippen LogP contribution in [0.3, 0.4) is 0 Å². The molecular weight excluding hydrogens is 368 g/mol. The van der Waals surface area contributed by atoms with Gasteiger partial charge < -0.3 is 15.7 Å². The van der Waals surface area contributed by atoms with Gasteiger partial charge in [0.25, 0.3) is 0 Å². The van der Waals surface area contributed by atoms with E-state index < -0.39 is 23.8 Å². The number of nitrogens with one attached hydrogen (secondary N) is 2. The van der Waals surface area contributed by atoms with E-state index >= 15 is 0 Å². The summed E-state index contributed by atoms with van der Waals surface area (Å²) in [5, 5.41) is 14.7. The summed E-state index contributed by atoms with van der Waals surface area (Å²) < 4.78 is 0. The molecule has 0 fully saturated rings. The molecule has 1 aromatic carbocycles. The maximum atomic E-state index is 12.9. The lowest BCUT2D eigenvalue weighted by molar-refractivity contribution is -0.136. The number of carboxylic acid groups (broad SMARTS) is 1. The maximum absolute atomic E-state index is 12.9. The minimum atomic E-state index is -1.19. The van der Waals surface area contributed by atoms with Crippen molar-refractivity contribution < 1.29 is 19.5 Å². The summed E-state index contributed by atoms with van der Waals surface area (Å²) in [5.41, 5.74) is 3.50. The number of hydrogen-bond acceptors (Lipinski definition) is 3. The Balaban J connectivity index is 2.24. The number of benzene rings is 1. The first-order chi connectivity index (χ1) is 13.7. The molecule has 1 aliphatic carbocycles. The highest BCUT2D eigenvalue weighted by Gasteiger charge is 2.30. The average Bonchev–Trinajstić information content (AvgIpc) is 2.70. The summed E-state index contributed by atoms with van der Waals surface area (Å²) in [7, 11) is 1.53. The summed E-state index contributed by atoms with van der Waals surface area (Å²) in [6.45, 7) is 7.42. The number of carbonyl (C=O) groups is 3. The molecule has 0 aromatic heterocycles. The SMILES string of the molecule is C=C(C(=O)O)[C@@H](CC(C)C)C(=O)N[C@@H](Cc1cccc2c1CCCC2)C(=O)NC. The molecule has 0 heterocycles. The van der Waals surface area contributed by atoms with Crippen LogP contribution in [0, 0.1) is 11.8 Å². The second-order valence-corrected chi connectivity index (χ2v) is 8.15. The maximum Gasteiger partial charge on any atom is 0.331 e. The first-order valence-electron chi connectivity index (χ1n) is 10.3. The van der Waals surface area contributed by atoms with E-state index in [9.17, 15) is 19.5 Å². The molecule has 2 atom stereocenters. The molecule has 6 heteroatoms. The summed E-state index contributed by atoms with van der Waals surface area (Å²) in [5.74, 6) is -2.72. The Morgan fingerprint density at radius 3 is 2.45 bits per heavy atom. The zero-order valence-electron chi connectivity index (χ0n) is 17.6. The normalized spacial score (nSPS) is 15.2. The molecule has 0 unspecified atom stereocenters. The molecular formula is C23H32N2O4. The number of amides is 2. The molecule has 6 nitrogen and oxygen atoms in total. The number of carboxylic acids is 1. The Morgan fingerprint density at radius 1 is 1.14 bits per heavy atom. The number of aliphatic carboxylic acids is 1. The molecule has 2 rings (SSSR count). The molecule has 3 N–H and O–H groups in total. The summed E-state index contributed by atoms with van der Waals surface area (Å²) in [6, 6.07) is 5.36. The van der Waals surface area contributed by atoms with Crippen molar-refractivity contribution in [3.05, 3.63) is 47.0 Å². The van der Waals surface area contributed by atoms with Gasteiger partial charge in [-0.2, -0.15) is 0 Å². The Morgan fingerprint density at radius 2 is 1.83 bits per heavy atom. The molecule has 0 spiro atoms. The Bertz CT molecular complexity index is 785. The zero-order valence-corrected chi connectivity index (χ0v) is 17.6. The first kappa shape index (κ1) is 22.7. The van der Waals surface area contributed by atoms with Gasteiger partial charge in [0.2, 0.25) is 11.8 Å². The van der Waals surface area contributed by atoms with Gasteiger partial charge >= 0.3 is 5.97 Å². The molecule has 29 heavy (non-hydrogen) atoms. The van der Waals surface area contributed by atoms with Crippen molar-refractivity contribution in [3.63, 3.8) is 0 Å². The second kappa shape index (κ2) is 10.2. The summed E-state index contributed by atoms with van der Waals surface area (Å²) in [4.78, 5) is 36.8. The minimum absolute atomic E-state index is 0.112. The highest BCUT2D eigenvalue weighted by Crippen LogP contribution is 2.26. The second-order valence-electron chi connectivity index (χ2n) is 8.15. The van der Waals surface area contributed by atoms with Crippen LogP contribution in [-0.2, 0) is 33.6 Å². The van der Waals surface area contributed by atoms with Crippen LogP contribution in [0.5, 0.6) is 0 Å². The molecule has 0 saturated carbocycles. The fourth-order valence-corrected chi connectivity index (χ4v) is 3.96.